The molecule has 2 N–H and O–H groups in total. The fourth-order valence-electron chi connectivity index (χ4n) is 3.65. The second kappa shape index (κ2) is 9.26. The molecule has 0 saturated carbocycles. The third kappa shape index (κ3) is 4.48. The van der Waals surface area contributed by atoms with E-state index in [-0.39, 0.29) is 23.9 Å². The minimum absolute atomic E-state index is 0.0218. The Hall–Kier alpha value is -3.93. The minimum atomic E-state index is -0.679. The van der Waals surface area contributed by atoms with Gasteiger partial charge in [-0.1, -0.05) is 30.3 Å². The summed E-state index contributed by atoms with van der Waals surface area (Å²) in [6.45, 7) is 3.85. The van der Waals surface area contributed by atoms with E-state index < -0.39 is 29.1 Å². The molecule has 1 amide bonds. The van der Waals surface area contributed by atoms with Crippen molar-refractivity contribution in [1.82, 2.24) is 9.88 Å². The van der Waals surface area contributed by atoms with E-state index in [4.69, 9.17) is 10.1 Å². The Morgan fingerprint density at radius 3 is 2.65 bits per heavy atom. The third-order valence-corrected chi connectivity index (χ3v) is 5.13. The molecule has 1 aromatic carbocycles. The Morgan fingerprint density at radius 1 is 1.32 bits per heavy atom. The van der Waals surface area contributed by atoms with Crippen LogP contribution in [0, 0.1) is 5.39 Å². The molecular formula is C22H23N4O5+. The van der Waals surface area contributed by atoms with Gasteiger partial charge >= 0.3 is 11.7 Å². The van der Waals surface area contributed by atoms with Crippen LogP contribution in [0.15, 0.2) is 42.1 Å². The van der Waals surface area contributed by atoms with Gasteiger partial charge in [0.1, 0.15) is 5.69 Å². The molecule has 31 heavy (non-hydrogen) atoms. The Morgan fingerprint density at radius 2 is 2.03 bits per heavy atom. The molecule has 2 aromatic rings. The number of hydrogen-bond donors (Lipinski definition) is 2. The number of carbonyl (C=O) groups excluding carboxylic acids is 3. The third-order valence-electron chi connectivity index (χ3n) is 5.13. The van der Waals surface area contributed by atoms with Crippen LogP contribution < -0.4 is 0 Å². The van der Waals surface area contributed by atoms with Crippen LogP contribution >= 0.6 is 0 Å². The molecule has 1 aromatic heterocycles. The average Bonchev–Trinajstić information content (AvgIpc) is 3.33. The van der Waals surface area contributed by atoms with Gasteiger partial charge < -0.3 is 19.7 Å². The SMILES string of the molecule is CCOC(=O)c1cc(C2CCN(Cc3ccccc3)C2=O)c(C(O)=C([N+]#N)C(C)=O)[nH]1. The highest BCUT2D eigenvalue weighted by atomic mass is 16.5. The van der Waals surface area contributed by atoms with Crippen molar-refractivity contribution in [2.24, 2.45) is 0 Å². The molecule has 1 saturated heterocycles. The number of likely N-dealkylation sites (tertiary alicyclic amines) is 1. The number of nitrogens with zero attached hydrogens (tertiary/aromatic N) is 3. The maximum atomic E-state index is 13.1. The monoisotopic (exact) mass is 423 g/mol. The molecule has 2 heterocycles. The molecule has 1 fully saturated rings. The zero-order chi connectivity index (χ0) is 22.5. The Kier molecular flexibility index (Phi) is 6.50. The summed E-state index contributed by atoms with van der Waals surface area (Å²) in [5.74, 6) is -2.80. The first-order valence-electron chi connectivity index (χ1n) is 9.89. The molecule has 9 heteroatoms. The molecule has 0 aliphatic carbocycles. The van der Waals surface area contributed by atoms with Crippen molar-refractivity contribution in [2.75, 3.05) is 13.2 Å². The number of aromatic amines is 1. The molecule has 0 radical (unpaired) electrons. The van der Waals surface area contributed by atoms with Gasteiger partial charge in [-0.2, -0.15) is 0 Å². The average molecular weight is 423 g/mol. The Balaban J connectivity index is 1.99. The standard InChI is InChI=1S/C22H22N4O5/c1-3-31-22(30)17-11-16(19(24-17)20(28)18(25-23)13(2)27)15-9-10-26(21(15)29)12-14-7-5-4-6-8-14/h4-8,11,15H,3,9-10,12H2,1-2H3,(H-,24,27,28,30)/p+1. The molecule has 1 aliphatic heterocycles. The van der Waals surface area contributed by atoms with E-state index >= 15 is 0 Å². The molecule has 160 valence electrons. The van der Waals surface area contributed by atoms with Crippen LogP contribution in [-0.4, -0.2) is 45.8 Å². The van der Waals surface area contributed by atoms with Crippen LogP contribution in [0.3, 0.4) is 0 Å². The molecular weight excluding hydrogens is 400 g/mol. The van der Waals surface area contributed by atoms with E-state index in [9.17, 15) is 19.5 Å². The van der Waals surface area contributed by atoms with Crippen molar-refractivity contribution >= 4 is 23.4 Å². The maximum absolute atomic E-state index is 13.1. The quantitative estimate of drug-likeness (QED) is 0.304. The number of Topliss-reactive ketones (excluding diaryl/α,β-unsaturated/α-hetero) is 1. The number of diazo groups is 1. The van der Waals surface area contributed by atoms with Gasteiger partial charge in [0.15, 0.2) is 4.98 Å². The van der Waals surface area contributed by atoms with E-state index in [1.165, 1.54) is 6.07 Å². The lowest BCUT2D eigenvalue weighted by Gasteiger charge is -2.17. The molecule has 1 atom stereocenters. The second-order valence-electron chi connectivity index (χ2n) is 7.17. The van der Waals surface area contributed by atoms with Crippen molar-refractivity contribution in [3.05, 3.63) is 69.6 Å². The van der Waals surface area contributed by atoms with Crippen LogP contribution in [0.25, 0.3) is 10.7 Å². The van der Waals surface area contributed by atoms with E-state index in [1.807, 2.05) is 30.3 Å². The predicted octanol–water partition coefficient (Wildman–Crippen LogP) is 3.38. The number of amides is 1. The second-order valence-corrected chi connectivity index (χ2v) is 7.17. The van der Waals surface area contributed by atoms with Gasteiger partial charge in [0.25, 0.3) is 5.78 Å². The highest BCUT2D eigenvalue weighted by molar-refractivity contribution is 6.02. The highest BCUT2D eigenvalue weighted by Crippen LogP contribution is 2.35. The Bertz CT molecular complexity index is 1080. The number of ketones is 1. The molecule has 0 spiro atoms. The van der Waals surface area contributed by atoms with Crippen molar-refractivity contribution in [2.45, 2.75) is 32.7 Å². The summed E-state index contributed by atoms with van der Waals surface area (Å²) in [5.41, 5.74) is 0.742. The van der Waals surface area contributed by atoms with Crippen LogP contribution in [0.2, 0.25) is 0 Å². The van der Waals surface area contributed by atoms with Gasteiger partial charge in [-0.25, -0.2) is 4.79 Å². The normalized spacial score (nSPS) is 16.6. The smallest absolute Gasteiger partial charge is 0.470 e. The fourth-order valence-corrected chi connectivity index (χ4v) is 3.65. The molecule has 1 unspecified atom stereocenters. The van der Waals surface area contributed by atoms with E-state index in [0.29, 0.717) is 25.1 Å². The number of nitrogens with one attached hydrogen (secondary N) is 1. The first kappa shape index (κ1) is 21.8. The van der Waals surface area contributed by atoms with Gasteiger partial charge in [0, 0.05) is 20.0 Å². The number of ether oxygens (including phenoxy) is 1. The summed E-state index contributed by atoms with van der Waals surface area (Å²) in [6, 6.07) is 11.0. The van der Waals surface area contributed by atoms with Crippen LogP contribution in [-0.2, 0) is 20.9 Å². The molecule has 0 bridgehead atoms. The lowest BCUT2D eigenvalue weighted by atomic mass is 9.96. The summed E-state index contributed by atoms with van der Waals surface area (Å²) in [5, 5.41) is 19.7. The maximum Gasteiger partial charge on any atom is 0.470 e. The summed E-state index contributed by atoms with van der Waals surface area (Å²) in [7, 11) is 0. The first-order valence-corrected chi connectivity index (χ1v) is 9.89. The van der Waals surface area contributed by atoms with Gasteiger partial charge in [0.05, 0.1) is 18.2 Å². The molecule has 1 aliphatic rings. The van der Waals surface area contributed by atoms with E-state index in [1.54, 1.807) is 11.8 Å². The summed E-state index contributed by atoms with van der Waals surface area (Å²) < 4.78 is 5.00. The summed E-state index contributed by atoms with van der Waals surface area (Å²) in [6.07, 6.45) is 0.456. The van der Waals surface area contributed by atoms with Crippen LogP contribution in [0.1, 0.15) is 53.5 Å². The zero-order valence-electron chi connectivity index (χ0n) is 17.3. The van der Waals surface area contributed by atoms with Crippen LogP contribution in [0.4, 0.5) is 0 Å². The largest absolute Gasteiger partial charge is 0.500 e. The van der Waals surface area contributed by atoms with E-state index in [2.05, 4.69) is 9.96 Å². The van der Waals surface area contributed by atoms with Crippen molar-refractivity contribution in [3.8, 4) is 0 Å². The van der Waals surface area contributed by atoms with Crippen molar-refractivity contribution in [3.63, 3.8) is 0 Å². The molecule has 9 nitrogen and oxygen atoms in total. The Labute approximate surface area is 178 Å². The fraction of sp³-hybridized carbons (Fsp3) is 0.318. The lowest BCUT2D eigenvalue weighted by Crippen LogP contribution is -2.26. The summed E-state index contributed by atoms with van der Waals surface area (Å²) in [4.78, 5) is 44.4. The van der Waals surface area contributed by atoms with E-state index in [0.717, 1.165) is 12.5 Å². The number of benzene rings is 1. The van der Waals surface area contributed by atoms with Crippen molar-refractivity contribution in [1.29, 1.82) is 5.39 Å². The summed E-state index contributed by atoms with van der Waals surface area (Å²) >= 11 is 0. The number of aliphatic hydroxyl groups is 1. The number of esters is 1. The first-order chi connectivity index (χ1) is 14.9. The van der Waals surface area contributed by atoms with Gasteiger partial charge in [-0.3, -0.25) is 9.59 Å². The van der Waals surface area contributed by atoms with Crippen LogP contribution in [0.5, 0.6) is 0 Å². The predicted molar refractivity (Wildman–Crippen MR) is 111 cm³/mol. The van der Waals surface area contributed by atoms with Gasteiger partial charge in [-0.05, 0) is 30.5 Å². The highest BCUT2D eigenvalue weighted by Gasteiger charge is 2.38. The number of allylic oxidation sites excluding steroid dienone is 1. The number of H-pyrrole nitrogens is 1. The van der Waals surface area contributed by atoms with Crippen molar-refractivity contribution < 1.29 is 24.2 Å². The number of carbonyl (C=O) groups is 3. The number of aromatic nitrogens is 1. The van der Waals surface area contributed by atoms with Gasteiger partial charge in [-0.15, -0.1) is 0 Å². The molecule has 3 rings (SSSR count). The number of rotatable bonds is 7. The zero-order valence-corrected chi connectivity index (χ0v) is 17.3. The topological polar surface area (TPSA) is 128 Å². The number of aliphatic hydroxyl groups excluding tert-OH is 1. The minimum Gasteiger partial charge on any atom is -0.500 e. The lowest BCUT2D eigenvalue weighted by molar-refractivity contribution is -0.129. The number of hydrogen-bond acceptors (Lipinski definition) is 6. The van der Waals surface area contributed by atoms with Gasteiger partial charge in [0.2, 0.25) is 17.1 Å².